The molecule has 7 heteroatoms. The number of halogens is 1. The second-order valence-electron chi connectivity index (χ2n) is 7.45. The first-order chi connectivity index (χ1) is 13.1. The number of aliphatic hydroxyl groups is 1. The van der Waals surface area contributed by atoms with Gasteiger partial charge in [0.05, 0.1) is 18.5 Å². The molecular weight excluding hydrogens is 364 g/mol. The molecule has 1 aromatic heterocycles. The van der Waals surface area contributed by atoms with Gasteiger partial charge in [-0.3, -0.25) is 14.8 Å². The summed E-state index contributed by atoms with van der Waals surface area (Å²) >= 11 is 6.01. The number of hydrogen-bond acceptors (Lipinski definition) is 4. The zero-order valence-electron chi connectivity index (χ0n) is 15.3. The second-order valence-corrected chi connectivity index (χ2v) is 7.89. The fourth-order valence-corrected chi connectivity index (χ4v) is 4.72. The summed E-state index contributed by atoms with van der Waals surface area (Å²) in [6, 6.07) is 7.70. The van der Waals surface area contributed by atoms with Crippen LogP contribution in [0.2, 0.25) is 5.02 Å². The summed E-state index contributed by atoms with van der Waals surface area (Å²) in [4.78, 5) is 17.4. The Labute approximate surface area is 164 Å². The molecular formula is C20H25ClN4O2. The fraction of sp³-hybridized carbons (Fsp3) is 0.500. The molecule has 2 aliphatic heterocycles. The quantitative estimate of drug-likeness (QED) is 0.826. The number of carbonyl (C=O) groups is 1. The number of rotatable bonds is 5. The van der Waals surface area contributed by atoms with Gasteiger partial charge in [0.2, 0.25) is 5.91 Å². The number of amides is 1. The molecule has 2 saturated heterocycles. The molecule has 1 aromatic carbocycles. The molecule has 3 heterocycles. The third kappa shape index (κ3) is 3.37. The lowest BCUT2D eigenvalue weighted by atomic mass is 9.85. The minimum atomic E-state index is -0.429. The molecule has 0 saturated carbocycles. The zero-order valence-corrected chi connectivity index (χ0v) is 16.1. The van der Waals surface area contributed by atoms with Gasteiger partial charge in [0, 0.05) is 30.2 Å². The minimum absolute atomic E-state index is 0.0181. The van der Waals surface area contributed by atoms with Crippen LogP contribution in [0.5, 0.6) is 0 Å². The summed E-state index contributed by atoms with van der Waals surface area (Å²) in [5, 5.41) is 17.3. The van der Waals surface area contributed by atoms with Crippen molar-refractivity contribution >= 4 is 17.5 Å². The van der Waals surface area contributed by atoms with Gasteiger partial charge in [0.25, 0.3) is 0 Å². The van der Waals surface area contributed by atoms with Gasteiger partial charge in [0.1, 0.15) is 5.54 Å². The largest absolute Gasteiger partial charge is 0.395 e. The normalized spacial score (nSPS) is 23.5. The van der Waals surface area contributed by atoms with Crippen molar-refractivity contribution in [2.75, 3.05) is 26.2 Å². The molecule has 4 rings (SSSR count). The van der Waals surface area contributed by atoms with Crippen LogP contribution in [0.4, 0.5) is 0 Å². The maximum atomic E-state index is 13.2. The Hall–Kier alpha value is -1.89. The van der Waals surface area contributed by atoms with Crippen molar-refractivity contribution in [1.82, 2.24) is 20.0 Å². The molecule has 0 bridgehead atoms. The highest BCUT2D eigenvalue weighted by Crippen LogP contribution is 2.39. The van der Waals surface area contributed by atoms with Crippen LogP contribution in [0.1, 0.15) is 31.2 Å². The minimum Gasteiger partial charge on any atom is -0.395 e. The van der Waals surface area contributed by atoms with Crippen LogP contribution in [-0.4, -0.2) is 62.8 Å². The topological polar surface area (TPSA) is 72.5 Å². The Kier molecular flexibility index (Phi) is 5.21. The van der Waals surface area contributed by atoms with Crippen molar-refractivity contribution in [2.24, 2.45) is 0 Å². The number of aliphatic hydroxyl groups excluding tert-OH is 1. The molecule has 1 spiro atoms. The number of H-pyrrole nitrogens is 1. The van der Waals surface area contributed by atoms with Crippen molar-refractivity contribution in [3.8, 4) is 11.3 Å². The van der Waals surface area contributed by atoms with Crippen molar-refractivity contribution in [3.05, 3.63) is 41.0 Å². The average molecular weight is 389 g/mol. The number of carbonyl (C=O) groups excluding carboxylic acids is 1. The van der Waals surface area contributed by atoms with Gasteiger partial charge in [0.15, 0.2) is 0 Å². The number of nitrogens with one attached hydrogen (secondary N) is 1. The van der Waals surface area contributed by atoms with Gasteiger partial charge >= 0.3 is 0 Å². The number of aromatic nitrogens is 2. The van der Waals surface area contributed by atoms with E-state index in [9.17, 15) is 9.90 Å². The van der Waals surface area contributed by atoms with Gasteiger partial charge in [-0.2, -0.15) is 5.10 Å². The average Bonchev–Trinajstić information content (AvgIpc) is 3.29. The molecule has 2 aliphatic rings. The molecule has 2 fully saturated rings. The van der Waals surface area contributed by atoms with Crippen LogP contribution in [-0.2, 0) is 11.3 Å². The molecule has 2 N–H and O–H groups in total. The number of hydrogen-bond donors (Lipinski definition) is 2. The molecule has 0 radical (unpaired) electrons. The highest BCUT2D eigenvalue weighted by atomic mass is 35.5. The zero-order chi connectivity index (χ0) is 18.9. The third-order valence-electron chi connectivity index (χ3n) is 5.91. The number of β-amino-alcohol motifs (C(OH)–C–C–N with tert-alkyl or cyclic N) is 1. The van der Waals surface area contributed by atoms with Gasteiger partial charge < -0.3 is 10.0 Å². The van der Waals surface area contributed by atoms with Crippen LogP contribution in [0.25, 0.3) is 11.3 Å². The molecule has 1 atom stereocenters. The molecule has 144 valence electrons. The molecule has 27 heavy (non-hydrogen) atoms. The van der Waals surface area contributed by atoms with Gasteiger partial charge in [-0.1, -0.05) is 23.7 Å². The summed E-state index contributed by atoms with van der Waals surface area (Å²) < 4.78 is 0. The van der Waals surface area contributed by atoms with E-state index in [1.807, 2.05) is 35.4 Å². The highest BCUT2D eigenvalue weighted by molar-refractivity contribution is 6.30. The summed E-state index contributed by atoms with van der Waals surface area (Å²) in [6.07, 6.45) is 5.64. The maximum Gasteiger partial charge on any atom is 0.243 e. The summed E-state index contributed by atoms with van der Waals surface area (Å²) in [5.41, 5.74) is 2.67. The first-order valence-electron chi connectivity index (χ1n) is 9.57. The number of nitrogens with zero attached hydrogens (tertiary/aromatic N) is 3. The predicted molar refractivity (Wildman–Crippen MR) is 104 cm³/mol. The van der Waals surface area contributed by atoms with E-state index in [0.29, 0.717) is 18.1 Å². The van der Waals surface area contributed by atoms with E-state index >= 15 is 0 Å². The number of benzene rings is 1. The second kappa shape index (κ2) is 7.62. The van der Waals surface area contributed by atoms with Gasteiger partial charge in [-0.15, -0.1) is 0 Å². The van der Waals surface area contributed by atoms with Crippen molar-refractivity contribution in [2.45, 2.75) is 37.8 Å². The summed E-state index contributed by atoms with van der Waals surface area (Å²) in [7, 11) is 0. The number of piperidine rings is 1. The van der Waals surface area contributed by atoms with Crippen molar-refractivity contribution < 1.29 is 9.90 Å². The highest BCUT2D eigenvalue weighted by Gasteiger charge is 2.50. The van der Waals surface area contributed by atoms with Crippen LogP contribution < -0.4 is 0 Å². The predicted octanol–water partition coefficient (Wildman–Crippen LogP) is 2.68. The molecule has 0 aliphatic carbocycles. The summed E-state index contributed by atoms with van der Waals surface area (Å²) in [6.45, 7) is 2.79. The van der Waals surface area contributed by atoms with E-state index in [-0.39, 0.29) is 12.5 Å². The van der Waals surface area contributed by atoms with Crippen LogP contribution in [0, 0.1) is 0 Å². The Bertz CT molecular complexity index is 805. The Balaban J connectivity index is 1.59. The monoisotopic (exact) mass is 388 g/mol. The van der Waals surface area contributed by atoms with Crippen LogP contribution in [0.3, 0.4) is 0 Å². The van der Waals surface area contributed by atoms with Crippen LogP contribution in [0.15, 0.2) is 30.5 Å². The maximum absolute atomic E-state index is 13.2. The van der Waals surface area contributed by atoms with E-state index in [1.165, 1.54) is 0 Å². The van der Waals surface area contributed by atoms with E-state index in [0.717, 1.165) is 55.6 Å². The van der Waals surface area contributed by atoms with E-state index < -0.39 is 5.54 Å². The van der Waals surface area contributed by atoms with Crippen LogP contribution >= 0.6 is 11.6 Å². The van der Waals surface area contributed by atoms with E-state index in [2.05, 4.69) is 15.1 Å². The molecule has 6 nitrogen and oxygen atoms in total. The smallest absolute Gasteiger partial charge is 0.243 e. The molecule has 1 unspecified atom stereocenters. The lowest BCUT2D eigenvalue weighted by Crippen LogP contribution is -2.60. The lowest BCUT2D eigenvalue weighted by Gasteiger charge is -2.44. The van der Waals surface area contributed by atoms with Gasteiger partial charge in [-0.25, -0.2) is 0 Å². The number of aromatic amines is 1. The molecule has 1 amide bonds. The Morgan fingerprint density at radius 2 is 1.93 bits per heavy atom. The Morgan fingerprint density at radius 1 is 1.19 bits per heavy atom. The first-order valence-corrected chi connectivity index (χ1v) is 9.95. The first kappa shape index (κ1) is 18.5. The molecule has 2 aromatic rings. The van der Waals surface area contributed by atoms with E-state index in [4.69, 9.17) is 11.6 Å². The Morgan fingerprint density at radius 3 is 2.67 bits per heavy atom. The SMILES string of the molecule is O=C1N(CCO)CCCC12CCCN2Cc1cn[nH]c1-c1ccc(Cl)cc1. The van der Waals surface area contributed by atoms with Crippen molar-refractivity contribution in [3.63, 3.8) is 0 Å². The summed E-state index contributed by atoms with van der Waals surface area (Å²) in [5.74, 6) is 0.178. The standard InChI is InChI=1S/C20H25ClN4O2/c21-17-5-3-15(4-6-17)18-16(13-22-23-18)14-25-10-2-8-20(25)7-1-9-24(11-12-26)19(20)27/h3-6,13,26H,1-2,7-12,14H2,(H,22,23). The third-order valence-corrected chi connectivity index (χ3v) is 6.16. The van der Waals surface area contributed by atoms with Gasteiger partial charge in [-0.05, 0) is 49.9 Å². The van der Waals surface area contributed by atoms with Crippen molar-refractivity contribution in [1.29, 1.82) is 0 Å². The lowest BCUT2D eigenvalue weighted by molar-refractivity contribution is -0.148. The van der Waals surface area contributed by atoms with E-state index in [1.54, 1.807) is 0 Å². The number of likely N-dealkylation sites (tertiary alicyclic amines) is 2. The fourth-order valence-electron chi connectivity index (χ4n) is 4.59.